The highest BCUT2D eigenvalue weighted by Crippen LogP contribution is 2.30. The van der Waals surface area contributed by atoms with Crippen LogP contribution in [0.2, 0.25) is 0 Å². The third-order valence-electron chi connectivity index (χ3n) is 3.19. The second-order valence-electron chi connectivity index (χ2n) is 4.54. The summed E-state index contributed by atoms with van der Waals surface area (Å²) in [7, 11) is 0. The Kier molecular flexibility index (Phi) is 3.05. The molecular formula is C14H15N3O2. The summed E-state index contributed by atoms with van der Waals surface area (Å²) in [6, 6.07) is 7.69. The van der Waals surface area contributed by atoms with Crippen LogP contribution in [-0.4, -0.2) is 30.1 Å². The average molecular weight is 257 g/mol. The monoisotopic (exact) mass is 257 g/mol. The van der Waals surface area contributed by atoms with Crippen molar-refractivity contribution in [2.75, 3.05) is 13.2 Å². The van der Waals surface area contributed by atoms with Gasteiger partial charge in [0.2, 0.25) is 0 Å². The summed E-state index contributed by atoms with van der Waals surface area (Å²) in [5, 5.41) is 8.53. The lowest BCUT2D eigenvalue weighted by atomic mass is 10.1. The number of nitrogen functional groups attached to an aromatic ring is 1. The SMILES string of the molecule is N=C(N)c1cnc2ccccc2c1OC1CCOC1. The van der Waals surface area contributed by atoms with Crippen LogP contribution in [0.1, 0.15) is 12.0 Å². The number of nitrogens with one attached hydrogen (secondary N) is 1. The Balaban J connectivity index is 2.10. The molecule has 0 spiro atoms. The van der Waals surface area contributed by atoms with E-state index < -0.39 is 0 Å². The van der Waals surface area contributed by atoms with Crippen molar-refractivity contribution in [2.45, 2.75) is 12.5 Å². The predicted molar refractivity (Wildman–Crippen MR) is 72.6 cm³/mol. The normalized spacial score (nSPS) is 18.6. The number of aromatic nitrogens is 1. The van der Waals surface area contributed by atoms with Crippen LogP contribution in [0, 0.1) is 5.41 Å². The van der Waals surface area contributed by atoms with Crippen molar-refractivity contribution in [2.24, 2.45) is 5.73 Å². The molecule has 0 bridgehead atoms. The molecule has 98 valence electrons. The minimum atomic E-state index is -0.0350. The molecule has 3 N–H and O–H groups in total. The van der Waals surface area contributed by atoms with Crippen molar-refractivity contribution in [1.82, 2.24) is 4.98 Å². The highest BCUT2D eigenvalue weighted by molar-refractivity contribution is 6.02. The molecule has 1 aliphatic rings. The van der Waals surface area contributed by atoms with E-state index in [4.69, 9.17) is 20.6 Å². The van der Waals surface area contributed by atoms with Crippen molar-refractivity contribution in [3.63, 3.8) is 0 Å². The van der Waals surface area contributed by atoms with Gasteiger partial charge in [-0.3, -0.25) is 10.4 Å². The number of fused-ring (bicyclic) bond motifs is 1. The molecule has 1 saturated heterocycles. The minimum absolute atomic E-state index is 0.0175. The van der Waals surface area contributed by atoms with E-state index in [1.165, 1.54) is 0 Å². The van der Waals surface area contributed by atoms with E-state index in [1.54, 1.807) is 6.20 Å². The van der Waals surface area contributed by atoms with Gasteiger partial charge in [0.05, 0.1) is 24.3 Å². The molecule has 19 heavy (non-hydrogen) atoms. The van der Waals surface area contributed by atoms with Crippen LogP contribution in [0.25, 0.3) is 10.9 Å². The summed E-state index contributed by atoms with van der Waals surface area (Å²) in [5.41, 5.74) is 6.98. The number of nitrogens with two attached hydrogens (primary N) is 1. The Morgan fingerprint density at radius 1 is 1.42 bits per heavy atom. The summed E-state index contributed by atoms with van der Waals surface area (Å²) < 4.78 is 11.3. The average Bonchev–Trinajstić information content (AvgIpc) is 2.92. The molecule has 0 amide bonds. The van der Waals surface area contributed by atoms with E-state index in [1.807, 2.05) is 24.3 Å². The van der Waals surface area contributed by atoms with Crippen molar-refractivity contribution in [1.29, 1.82) is 5.41 Å². The van der Waals surface area contributed by atoms with Gasteiger partial charge in [0.15, 0.2) is 0 Å². The number of nitrogens with zero attached hydrogens (tertiary/aromatic N) is 1. The fraction of sp³-hybridized carbons (Fsp3) is 0.286. The molecule has 0 aliphatic carbocycles. The van der Waals surface area contributed by atoms with Crippen molar-refractivity contribution in [3.05, 3.63) is 36.0 Å². The minimum Gasteiger partial charge on any atom is -0.486 e. The maximum Gasteiger partial charge on any atom is 0.141 e. The molecule has 2 aromatic rings. The fourth-order valence-corrected chi connectivity index (χ4v) is 2.21. The number of amidine groups is 1. The van der Waals surface area contributed by atoms with Crippen molar-refractivity contribution >= 4 is 16.7 Å². The van der Waals surface area contributed by atoms with Crippen molar-refractivity contribution < 1.29 is 9.47 Å². The van der Waals surface area contributed by atoms with Gasteiger partial charge >= 0.3 is 0 Å². The predicted octanol–water partition coefficient (Wildman–Crippen LogP) is 1.69. The number of pyridine rings is 1. The molecular weight excluding hydrogens is 242 g/mol. The largest absolute Gasteiger partial charge is 0.486 e. The lowest BCUT2D eigenvalue weighted by molar-refractivity contribution is 0.142. The number of ether oxygens (including phenoxy) is 2. The summed E-state index contributed by atoms with van der Waals surface area (Å²) in [6.07, 6.45) is 2.47. The first-order valence-corrected chi connectivity index (χ1v) is 6.22. The van der Waals surface area contributed by atoms with Gasteiger partial charge in [-0.15, -0.1) is 0 Å². The topological polar surface area (TPSA) is 81.2 Å². The zero-order valence-electron chi connectivity index (χ0n) is 10.4. The molecule has 0 radical (unpaired) electrons. The smallest absolute Gasteiger partial charge is 0.141 e. The number of para-hydroxylation sites is 1. The highest BCUT2D eigenvalue weighted by Gasteiger charge is 2.21. The van der Waals surface area contributed by atoms with Crippen molar-refractivity contribution in [3.8, 4) is 5.75 Å². The molecule has 1 atom stereocenters. The van der Waals surface area contributed by atoms with E-state index in [9.17, 15) is 0 Å². The fourth-order valence-electron chi connectivity index (χ4n) is 2.21. The lowest BCUT2D eigenvalue weighted by Gasteiger charge is -2.16. The lowest BCUT2D eigenvalue weighted by Crippen LogP contribution is -2.20. The Hall–Kier alpha value is -2.14. The third kappa shape index (κ3) is 2.24. The number of hydrogen-bond acceptors (Lipinski definition) is 4. The molecule has 3 rings (SSSR count). The number of rotatable bonds is 3. The van der Waals surface area contributed by atoms with E-state index in [-0.39, 0.29) is 11.9 Å². The maximum absolute atomic E-state index is 7.65. The second kappa shape index (κ2) is 4.85. The number of hydrogen-bond donors (Lipinski definition) is 2. The summed E-state index contributed by atoms with van der Waals surface area (Å²) in [6.45, 7) is 1.29. The van der Waals surface area contributed by atoms with Gasteiger partial charge in [-0.1, -0.05) is 12.1 Å². The molecule has 2 heterocycles. The van der Waals surface area contributed by atoms with E-state index in [0.717, 1.165) is 17.3 Å². The van der Waals surface area contributed by atoms with E-state index in [0.29, 0.717) is 24.5 Å². The zero-order chi connectivity index (χ0) is 13.2. The Bertz CT molecular complexity index is 621. The Morgan fingerprint density at radius 2 is 2.26 bits per heavy atom. The van der Waals surface area contributed by atoms with Crippen LogP contribution < -0.4 is 10.5 Å². The first-order valence-electron chi connectivity index (χ1n) is 6.22. The third-order valence-corrected chi connectivity index (χ3v) is 3.19. The highest BCUT2D eigenvalue weighted by atomic mass is 16.5. The first-order chi connectivity index (χ1) is 9.25. The molecule has 0 saturated carbocycles. The van der Waals surface area contributed by atoms with Gasteiger partial charge < -0.3 is 15.2 Å². The second-order valence-corrected chi connectivity index (χ2v) is 4.54. The Labute approximate surface area is 110 Å². The van der Waals surface area contributed by atoms with Gasteiger partial charge in [-0.05, 0) is 12.1 Å². The molecule has 1 aromatic heterocycles. The summed E-state index contributed by atoms with van der Waals surface area (Å²) in [5.74, 6) is 0.598. The van der Waals surface area contributed by atoms with Crippen LogP contribution in [0.15, 0.2) is 30.5 Å². The Morgan fingerprint density at radius 3 is 3.00 bits per heavy atom. The van der Waals surface area contributed by atoms with Crippen LogP contribution in [0.3, 0.4) is 0 Å². The molecule has 5 nitrogen and oxygen atoms in total. The summed E-state index contributed by atoms with van der Waals surface area (Å²) in [4.78, 5) is 4.31. The van der Waals surface area contributed by atoms with E-state index >= 15 is 0 Å². The molecule has 1 aliphatic heterocycles. The number of benzene rings is 1. The van der Waals surface area contributed by atoms with Crippen LogP contribution in [-0.2, 0) is 4.74 Å². The van der Waals surface area contributed by atoms with Crippen LogP contribution in [0.5, 0.6) is 5.75 Å². The molecule has 5 heteroatoms. The molecule has 1 aromatic carbocycles. The van der Waals surface area contributed by atoms with Gasteiger partial charge in [0.25, 0.3) is 0 Å². The zero-order valence-corrected chi connectivity index (χ0v) is 10.4. The standard InChI is InChI=1S/C14H15N3O2/c15-14(16)11-7-17-12-4-2-1-3-10(12)13(11)19-9-5-6-18-8-9/h1-4,7,9H,5-6,8H2,(H3,15,16). The van der Waals surface area contributed by atoms with Gasteiger partial charge in [-0.2, -0.15) is 0 Å². The molecule has 1 fully saturated rings. The maximum atomic E-state index is 7.65. The van der Waals surface area contributed by atoms with Crippen LogP contribution >= 0.6 is 0 Å². The quantitative estimate of drug-likeness (QED) is 0.647. The summed E-state index contributed by atoms with van der Waals surface area (Å²) >= 11 is 0. The molecule has 1 unspecified atom stereocenters. The van der Waals surface area contributed by atoms with E-state index in [2.05, 4.69) is 4.98 Å². The van der Waals surface area contributed by atoms with Gasteiger partial charge in [-0.25, -0.2) is 0 Å². The van der Waals surface area contributed by atoms with Crippen LogP contribution in [0.4, 0.5) is 0 Å². The van der Waals surface area contributed by atoms with Gasteiger partial charge in [0, 0.05) is 18.0 Å². The first kappa shape index (κ1) is 11.9. The van der Waals surface area contributed by atoms with Gasteiger partial charge in [0.1, 0.15) is 17.7 Å².